The molecule has 0 bridgehead atoms. The number of pyridine rings is 1. The Morgan fingerprint density at radius 3 is 2.86 bits per heavy atom. The predicted octanol–water partition coefficient (Wildman–Crippen LogP) is 1.52. The standard InChI is InChI=1S/C11H16N2O/c1-6-4-7(2)13-10-9(5-12)8(3)14-11(6)10/h4,8-9H,5,12H2,1-3H3/t8?,9-/m1/s1. The van der Waals surface area contributed by atoms with E-state index in [4.69, 9.17) is 10.5 Å². The van der Waals surface area contributed by atoms with Crippen molar-refractivity contribution in [2.45, 2.75) is 32.8 Å². The number of aromatic nitrogens is 1. The van der Waals surface area contributed by atoms with Crippen LogP contribution in [-0.4, -0.2) is 17.6 Å². The fourth-order valence-corrected chi connectivity index (χ4v) is 2.05. The average molecular weight is 192 g/mol. The first-order valence-corrected chi connectivity index (χ1v) is 4.98. The number of nitrogens with zero attached hydrogens (tertiary/aromatic N) is 1. The summed E-state index contributed by atoms with van der Waals surface area (Å²) in [6.45, 7) is 6.71. The molecule has 1 unspecified atom stereocenters. The van der Waals surface area contributed by atoms with Crippen LogP contribution in [0.1, 0.15) is 29.8 Å². The van der Waals surface area contributed by atoms with Crippen LogP contribution in [0.5, 0.6) is 5.75 Å². The lowest BCUT2D eigenvalue weighted by Crippen LogP contribution is -2.22. The number of ether oxygens (including phenoxy) is 1. The van der Waals surface area contributed by atoms with E-state index in [0.29, 0.717) is 6.54 Å². The van der Waals surface area contributed by atoms with Crippen molar-refractivity contribution in [1.82, 2.24) is 4.98 Å². The quantitative estimate of drug-likeness (QED) is 0.734. The van der Waals surface area contributed by atoms with E-state index in [0.717, 1.165) is 22.7 Å². The van der Waals surface area contributed by atoms with Crippen LogP contribution >= 0.6 is 0 Å². The van der Waals surface area contributed by atoms with Gasteiger partial charge in [0.1, 0.15) is 11.9 Å². The van der Waals surface area contributed by atoms with Crippen molar-refractivity contribution in [2.24, 2.45) is 5.73 Å². The van der Waals surface area contributed by atoms with E-state index in [1.807, 2.05) is 19.9 Å². The summed E-state index contributed by atoms with van der Waals surface area (Å²) >= 11 is 0. The highest BCUT2D eigenvalue weighted by atomic mass is 16.5. The third-order valence-electron chi connectivity index (χ3n) is 2.79. The minimum absolute atomic E-state index is 0.156. The normalized spacial score (nSPS) is 24.6. The molecule has 2 atom stereocenters. The van der Waals surface area contributed by atoms with E-state index in [1.165, 1.54) is 0 Å². The molecule has 0 spiro atoms. The lowest BCUT2D eigenvalue weighted by molar-refractivity contribution is 0.227. The summed E-state index contributed by atoms with van der Waals surface area (Å²) in [5.41, 5.74) is 8.96. The molecule has 0 fully saturated rings. The Morgan fingerprint density at radius 2 is 2.21 bits per heavy atom. The highest BCUT2D eigenvalue weighted by molar-refractivity contribution is 5.43. The predicted molar refractivity (Wildman–Crippen MR) is 55.6 cm³/mol. The van der Waals surface area contributed by atoms with Crippen LogP contribution in [0.15, 0.2) is 6.07 Å². The largest absolute Gasteiger partial charge is 0.488 e. The Bertz CT molecular complexity index is 363. The third kappa shape index (κ3) is 1.28. The van der Waals surface area contributed by atoms with Gasteiger partial charge in [0.05, 0.1) is 11.6 Å². The first-order chi connectivity index (χ1) is 6.63. The second-order valence-corrected chi connectivity index (χ2v) is 3.96. The fraction of sp³-hybridized carbons (Fsp3) is 0.545. The summed E-state index contributed by atoms with van der Waals surface area (Å²) in [5, 5.41) is 0. The van der Waals surface area contributed by atoms with Crippen LogP contribution in [0.3, 0.4) is 0 Å². The molecule has 2 N–H and O–H groups in total. The monoisotopic (exact) mass is 192 g/mol. The number of fused-ring (bicyclic) bond motifs is 1. The maximum atomic E-state index is 5.75. The molecule has 3 nitrogen and oxygen atoms in total. The van der Waals surface area contributed by atoms with Crippen LogP contribution in [0.25, 0.3) is 0 Å². The van der Waals surface area contributed by atoms with E-state index in [9.17, 15) is 0 Å². The second kappa shape index (κ2) is 3.24. The van der Waals surface area contributed by atoms with Gasteiger partial charge in [-0.15, -0.1) is 0 Å². The molecule has 0 saturated carbocycles. The van der Waals surface area contributed by atoms with E-state index >= 15 is 0 Å². The molecular weight excluding hydrogens is 176 g/mol. The zero-order valence-electron chi connectivity index (χ0n) is 8.87. The van der Waals surface area contributed by atoms with Crippen LogP contribution in [0.4, 0.5) is 0 Å². The SMILES string of the molecule is Cc1cc(C)c2c(n1)[C@H](CN)C(C)O2. The molecule has 14 heavy (non-hydrogen) atoms. The van der Waals surface area contributed by atoms with Crippen molar-refractivity contribution in [3.8, 4) is 5.75 Å². The number of nitrogens with two attached hydrogens (primary N) is 1. The summed E-state index contributed by atoms with van der Waals surface area (Å²) in [6, 6.07) is 2.05. The molecule has 0 aromatic carbocycles. The van der Waals surface area contributed by atoms with Gasteiger partial charge in [-0.1, -0.05) is 0 Å². The maximum absolute atomic E-state index is 5.75. The summed E-state index contributed by atoms with van der Waals surface area (Å²) in [7, 11) is 0. The number of aryl methyl sites for hydroxylation is 2. The highest BCUT2D eigenvalue weighted by Crippen LogP contribution is 2.38. The fourth-order valence-electron chi connectivity index (χ4n) is 2.05. The molecule has 1 aromatic rings. The average Bonchev–Trinajstić information content (AvgIpc) is 2.41. The molecule has 0 aliphatic carbocycles. The van der Waals surface area contributed by atoms with Crippen molar-refractivity contribution in [2.75, 3.05) is 6.54 Å². The van der Waals surface area contributed by atoms with Crippen molar-refractivity contribution >= 4 is 0 Å². The van der Waals surface area contributed by atoms with E-state index in [2.05, 4.69) is 11.9 Å². The summed E-state index contributed by atoms with van der Waals surface area (Å²) in [4.78, 5) is 4.51. The third-order valence-corrected chi connectivity index (χ3v) is 2.79. The molecule has 1 aromatic heterocycles. The maximum Gasteiger partial charge on any atom is 0.144 e. The first kappa shape index (κ1) is 9.46. The summed E-state index contributed by atoms with van der Waals surface area (Å²) < 4.78 is 5.75. The second-order valence-electron chi connectivity index (χ2n) is 3.96. The van der Waals surface area contributed by atoms with Crippen molar-refractivity contribution in [3.05, 3.63) is 23.0 Å². The molecule has 0 saturated heterocycles. The molecule has 3 heteroatoms. The van der Waals surface area contributed by atoms with Gasteiger partial charge in [0.25, 0.3) is 0 Å². The van der Waals surface area contributed by atoms with Crippen molar-refractivity contribution < 1.29 is 4.74 Å². The minimum Gasteiger partial charge on any atom is -0.488 e. The Labute approximate surface area is 84.3 Å². The Hall–Kier alpha value is -1.09. The van der Waals surface area contributed by atoms with E-state index < -0.39 is 0 Å². The molecule has 2 heterocycles. The van der Waals surface area contributed by atoms with E-state index in [-0.39, 0.29) is 12.0 Å². The lowest BCUT2D eigenvalue weighted by atomic mass is 10.0. The molecule has 1 aliphatic rings. The van der Waals surface area contributed by atoms with Gasteiger partial charge in [0.15, 0.2) is 0 Å². The molecule has 1 aliphatic heterocycles. The van der Waals surface area contributed by atoms with Gasteiger partial charge in [-0.2, -0.15) is 0 Å². The van der Waals surface area contributed by atoms with Gasteiger partial charge < -0.3 is 10.5 Å². The topological polar surface area (TPSA) is 48.1 Å². The van der Waals surface area contributed by atoms with Crippen LogP contribution in [0.2, 0.25) is 0 Å². The summed E-state index contributed by atoms with van der Waals surface area (Å²) in [6.07, 6.45) is 0.156. The van der Waals surface area contributed by atoms with Crippen LogP contribution in [-0.2, 0) is 0 Å². The molecule has 0 radical (unpaired) electrons. The van der Waals surface area contributed by atoms with Crippen molar-refractivity contribution in [1.29, 1.82) is 0 Å². The lowest BCUT2D eigenvalue weighted by Gasteiger charge is -2.10. The Balaban J connectivity index is 2.53. The van der Waals surface area contributed by atoms with Crippen LogP contribution in [0, 0.1) is 13.8 Å². The molecule has 0 amide bonds. The summed E-state index contributed by atoms with van der Waals surface area (Å²) in [5.74, 6) is 1.20. The smallest absolute Gasteiger partial charge is 0.144 e. The zero-order valence-corrected chi connectivity index (χ0v) is 8.87. The Morgan fingerprint density at radius 1 is 1.50 bits per heavy atom. The number of hydrogen-bond donors (Lipinski definition) is 1. The van der Waals surface area contributed by atoms with Gasteiger partial charge in [0, 0.05) is 12.2 Å². The van der Waals surface area contributed by atoms with Gasteiger partial charge in [-0.25, -0.2) is 0 Å². The van der Waals surface area contributed by atoms with Gasteiger partial charge in [-0.3, -0.25) is 4.98 Å². The van der Waals surface area contributed by atoms with E-state index in [1.54, 1.807) is 0 Å². The minimum atomic E-state index is 0.156. The van der Waals surface area contributed by atoms with Gasteiger partial charge in [-0.05, 0) is 32.4 Å². The number of rotatable bonds is 1. The molecule has 2 rings (SSSR count). The van der Waals surface area contributed by atoms with Crippen molar-refractivity contribution in [3.63, 3.8) is 0 Å². The molecular formula is C11H16N2O. The zero-order chi connectivity index (χ0) is 10.3. The highest BCUT2D eigenvalue weighted by Gasteiger charge is 2.32. The van der Waals surface area contributed by atoms with Crippen LogP contribution < -0.4 is 10.5 Å². The first-order valence-electron chi connectivity index (χ1n) is 4.98. The van der Waals surface area contributed by atoms with Gasteiger partial charge >= 0.3 is 0 Å². The number of hydrogen-bond acceptors (Lipinski definition) is 3. The van der Waals surface area contributed by atoms with Gasteiger partial charge in [0.2, 0.25) is 0 Å². The Kier molecular flexibility index (Phi) is 2.19. The molecule has 76 valence electrons.